The van der Waals surface area contributed by atoms with Gasteiger partial charge in [0, 0.05) is 17.1 Å². The Morgan fingerprint density at radius 1 is 1.21 bits per heavy atom. The molecule has 1 saturated carbocycles. The number of halogens is 1. The summed E-state index contributed by atoms with van der Waals surface area (Å²) >= 11 is 6.17. The van der Waals surface area contributed by atoms with Crippen molar-refractivity contribution in [1.82, 2.24) is 15.3 Å². The summed E-state index contributed by atoms with van der Waals surface area (Å²) in [7, 11) is -3.74. The van der Waals surface area contributed by atoms with Gasteiger partial charge >= 0.3 is 5.97 Å². The molecule has 2 heterocycles. The number of likely N-dealkylation sites (tertiary alicyclic amines) is 1. The summed E-state index contributed by atoms with van der Waals surface area (Å²) in [6.45, 7) is 10.1. The van der Waals surface area contributed by atoms with Crippen LogP contribution in [0.2, 0.25) is 5.02 Å². The van der Waals surface area contributed by atoms with Gasteiger partial charge in [-0.1, -0.05) is 25.4 Å². The van der Waals surface area contributed by atoms with E-state index in [0.717, 1.165) is 32.4 Å². The number of benzene rings is 1. The second-order valence-electron chi connectivity index (χ2n) is 10.7. The van der Waals surface area contributed by atoms with Crippen LogP contribution in [0.5, 0.6) is 0 Å². The predicted octanol–water partition coefficient (Wildman–Crippen LogP) is 3.35. The molecule has 2 aliphatic heterocycles. The Hall–Kier alpha value is -1.23. The fraction of sp³-hybridized carbons (Fsp3) is 0.708. The first-order valence-corrected chi connectivity index (χ1v) is 14.1. The van der Waals surface area contributed by atoms with E-state index in [-0.39, 0.29) is 22.1 Å². The smallest absolute Gasteiger partial charge is 0.350 e. The lowest BCUT2D eigenvalue weighted by Crippen LogP contribution is -2.56. The van der Waals surface area contributed by atoms with Crippen molar-refractivity contribution in [1.29, 1.82) is 0 Å². The van der Waals surface area contributed by atoms with E-state index in [4.69, 9.17) is 16.4 Å². The first-order chi connectivity index (χ1) is 15.9. The van der Waals surface area contributed by atoms with Crippen molar-refractivity contribution >= 4 is 27.4 Å². The average molecular weight is 514 g/mol. The summed E-state index contributed by atoms with van der Waals surface area (Å²) in [6, 6.07) is 3.65. The third-order valence-electron chi connectivity index (χ3n) is 7.67. The van der Waals surface area contributed by atoms with Crippen molar-refractivity contribution in [3.05, 3.63) is 28.3 Å². The lowest BCUT2D eigenvalue weighted by molar-refractivity contribution is -0.222. The maximum absolute atomic E-state index is 13.4. The lowest BCUT2D eigenvalue weighted by atomic mass is 9.70. The van der Waals surface area contributed by atoms with Crippen LogP contribution >= 0.6 is 11.6 Å². The number of carboxylic acid groups (broad SMARTS) is 1. The molecule has 1 aliphatic carbocycles. The molecule has 0 amide bonds. The largest absolute Gasteiger partial charge is 0.478 e. The van der Waals surface area contributed by atoms with Crippen molar-refractivity contribution in [3.63, 3.8) is 0 Å². The molecule has 4 atom stereocenters. The van der Waals surface area contributed by atoms with Crippen molar-refractivity contribution in [3.8, 4) is 0 Å². The number of hydrogen-bond donors (Lipinski definition) is 2. The van der Waals surface area contributed by atoms with Crippen LogP contribution in [0.3, 0.4) is 0 Å². The van der Waals surface area contributed by atoms with Gasteiger partial charge in [0.05, 0.1) is 10.6 Å². The van der Waals surface area contributed by atoms with Crippen LogP contribution in [-0.2, 0) is 19.5 Å². The van der Waals surface area contributed by atoms with Crippen molar-refractivity contribution in [2.24, 2.45) is 5.41 Å². The Morgan fingerprint density at radius 3 is 2.50 bits per heavy atom. The zero-order valence-corrected chi connectivity index (χ0v) is 22.0. The summed E-state index contributed by atoms with van der Waals surface area (Å²) in [5.74, 6) is -1.45. The summed E-state index contributed by atoms with van der Waals surface area (Å²) in [6.07, 6.45) is 3.20. The first kappa shape index (κ1) is 25.9. The highest BCUT2D eigenvalue weighted by Gasteiger charge is 2.50. The van der Waals surface area contributed by atoms with E-state index < -0.39 is 28.2 Å². The van der Waals surface area contributed by atoms with Crippen LogP contribution in [0.1, 0.15) is 57.1 Å². The molecular formula is C24H36ClN3O5S. The van der Waals surface area contributed by atoms with E-state index in [1.807, 2.05) is 0 Å². The topological polar surface area (TPSA) is 99.2 Å². The van der Waals surface area contributed by atoms with E-state index >= 15 is 0 Å². The summed E-state index contributed by atoms with van der Waals surface area (Å²) in [5.41, 5.74) is 1.08. The quantitative estimate of drug-likeness (QED) is 0.597. The minimum atomic E-state index is -3.74. The van der Waals surface area contributed by atoms with Gasteiger partial charge in [0.25, 0.3) is 0 Å². The van der Waals surface area contributed by atoms with E-state index in [9.17, 15) is 18.3 Å². The van der Waals surface area contributed by atoms with Crippen molar-refractivity contribution in [2.45, 2.75) is 89.2 Å². The van der Waals surface area contributed by atoms with Gasteiger partial charge in [-0.2, -0.15) is 5.06 Å². The molecule has 4 unspecified atom stereocenters. The number of nitrogens with one attached hydrogen (secondary N) is 1. The summed E-state index contributed by atoms with van der Waals surface area (Å²) in [5, 5.41) is 14.7. The molecule has 2 saturated heterocycles. The molecule has 0 spiro atoms. The molecule has 34 heavy (non-hydrogen) atoms. The molecule has 4 rings (SSSR count). The monoisotopic (exact) mass is 513 g/mol. The zero-order chi connectivity index (χ0) is 24.8. The van der Waals surface area contributed by atoms with Gasteiger partial charge in [-0.25, -0.2) is 13.2 Å². The van der Waals surface area contributed by atoms with Gasteiger partial charge in [0.1, 0.15) is 6.17 Å². The number of carbonyl (C=O) groups is 1. The molecule has 190 valence electrons. The Morgan fingerprint density at radius 2 is 1.88 bits per heavy atom. The molecule has 3 aliphatic rings. The SMILES string of the molecule is Cc1cc(S(=O)(=O)CC2NC(C(=O)O)ON2C2CCC(N3CCCC3)CC2(C)C)c(C)cc1Cl. The Kier molecular flexibility index (Phi) is 7.35. The molecule has 10 heteroatoms. The second-order valence-corrected chi connectivity index (χ2v) is 13.1. The van der Waals surface area contributed by atoms with Crippen LogP contribution in [0.25, 0.3) is 0 Å². The van der Waals surface area contributed by atoms with Gasteiger partial charge < -0.3 is 10.0 Å². The van der Waals surface area contributed by atoms with Crippen LogP contribution in [0.15, 0.2) is 17.0 Å². The predicted molar refractivity (Wildman–Crippen MR) is 130 cm³/mol. The molecule has 0 radical (unpaired) electrons. The van der Waals surface area contributed by atoms with Gasteiger partial charge in [-0.05, 0) is 87.7 Å². The number of rotatable bonds is 6. The Balaban J connectivity index is 1.57. The van der Waals surface area contributed by atoms with E-state index in [0.29, 0.717) is 22.2 Å². The summed E-state index contributed by atoms with van der Waals surface area (Å²) < 4.78 is 26.9. The lowest BCUT2D eigenvalue weighted by Gasteiger charge is -2.48. The highest BCUT2D eigenvalue weighted by atomic mass is 35.5. The molecule has 3 fully saturated rings. The average Bonchev–Trinajstić information content (AvgIpc) is 3.40. The molecule has 1 aromatic carbocycles. The number of sulfone groups is 1. The minimum Gasteiger partial charge on any atom is -0.478 e. The molecule has 0 bridgehead atoms. The normalized spacial score (nSPS) is 30.6. The standard InChI is InChI=1S/C24H36ClN3O5S/c1-15-12-19(16(2)11-18(15)25)34(31,32)14-21-26-22(23(29)30)33-28(21)20-8-7-17(13-24(20,3)4)27-9-5-6-10-27/h11-12,17,20-22,26H,5-10,13-14H2,1-4H3,(H,29,30). The highest BCUT2D eigenvalue weighted by Crippen LogP contribution is 2.43. The van der Waals surface area contributed by atoms with E-state index in [1.54, 1.807) is 31.0 Å². The highest BCUT2D eigenvalue weighted by molar-refractivity contribution is 7.91. The first-order valence-electron chi connectivity index (χ1n) is 12.1. The van der Waals surface area contributed by atoms with Gasteiger partial charge in [-0.3, -0.25) is 10.2 Å². The fourth-order valence-electron chi connectivity index (χ4n) is 5.87. The van der Waals surface area contributed by atoms with E-state index in [2.05, 4.69) is 24.1 Å². The van der Waals surface area contributed by atoms with Crippen LogP contribution in [0.4, 0.5) is 0 Å². The zero-order valence-electron chi connectivity index (χ0n) is 20.4. The number of nitrogens with zero attached hydrogens (tertiary/aromatic N) is 2. The number of aryl methyl sites for hydroxylation is 2. The molecule has 8 nitrogen and oxygen atoms in total. The van der Waals surface area contributed by atoms with E-state index in [1.165, 1.54) is 12.8 Å². The maximum Gasteiger partial charge on any atom is 0.350 e. The Labute approximate surface area is 207 Å². The summed E-state index contributed by atoms with van der Waals surface area (Å²) in [4.78, 5) is 20.4. The van der Waals surface area contributed by atoms with Crippen LogP contribution < -0.4 is 5.32 Å². The molecular weight excluding hydrogens is 478 g/mol. The van der Waals surface area contributed by atoms with Crippen molar-refractivity contribution < 1.29 is 23.2 Å². The number of hydroxylamine groups is 2. The number of carboxylic acids is 1. The number of aliphatic carboxylic acids is 1. The Bertz CT molecular complexity index is 1040. The van der Waals surface area contributed by atoms with Crippen LogP contribution in [-0.4, -0.2) is 72.8 Å². The molecule has 1 aromatic rings. The number of hydrogen-bond acceptors (Lipinski definition) is 7. The molecule has 0 aromatic heterocycles. The van der Waals surface area contributed by atoms with Gasteiger partial charge in [0.15, 0.2) is 9.84 Å². The molecule has 2 N–H and O–H groups in total. The van der Waals surface area contributed by atoms with Gasteiger partial charge in [-0.15, -0.1) is 0 Å². The van der Waals surface area contributed by atoms with Crippen molar-refractivity contribution in [2.75, 3.05) is 18.8 Å². The second kappa shape index (κ2) is 9.67. The maximum atomic E-state index is 13.4. The third kappa shape index (κ3) is 5.15. The van der Waals surface area contributed by atoms with Gasteiger partial charge in [0.2, 0.25) is 6.23 Å². The third-order valence-corrected chi connectivity index (χ3v) is 9.94. The van der Waals surface area contributed by atoms with Crippen LogP contribution in [0, 0.1) is 19.3 Å². The fourth-order valence-corrected chi connectivity index (χ4v) is 7.83. The minimum absolute atomic E-state index is 0.101.